The number of hydrogen-bond acceptors (Lipinski definition) is 2. The molecule has 2 aromatic carbocycles. The number of fused-ring (bicyclic) bond motifs is 2. The van der Waals surface area contributed by atoms with Gasteiger partial charge in [0.05, 0.1) is 12.5 Å². The first-order valence-corrected chi connectivity index (χ1v) is 7.59. The molecule has 3 rings (SSSR count). The van der Waals surface area contributed by atoms with E-state index >= 15 is 0 Å². The Morgan fingerprint density at radius 2 is 1.95 bits per heavy atom. The summed E-state index contributed by atoms with van der Waals surface area (Å²) in [5.74, 6) is 0.842. The fourth-order valence-electron chi connectivity index (χ4n) is 2.22. The van der Waals surface area contributed by atoms with Crippen LogP contribution in [0.2, 0.25) is 5.02 Å². The maximum absolute atomic E-state index is 6.55. The van der Waals surface area contributed by atoms with E-state index in [1.165, 1.54) is 15.4 Å². The fourth-order valence-corrected chi connectivity index (χ4v) is 3.93. The van der Waals surface area contributed by atoms with E-state index in [0.717, 1.165) is 22.8 Å². The van der Waals surface area contributed by atoms with E-state index in [-0.39, 0.29) is 5.38 Å². The van der Waals surface area contributed by atoms with E-state index in [1.54, 1.807) is 18.9 Å². The quantitative estimate of drug-likeness (QED) is 0.658. The monoisotopic (exact) mass is 310 g/mol. The molecule has 0 amide bonds. The van der Waals surface area contributed by atoms with Gasteiger partial charge >= 0.3 is 0 Å². The summed E-state index contributed by atoms with van der Waals surface area (Å²) in [6, 6.07) is 12.0. The first-order chi connectivity index (χ1) is 9.17. The van der Waals surface area contributed by atoms with Gasteiger partial charge < -0.3 is 4.74 Å². The average molecular weight is 311 g/mol. The largest absolute Gasteiger partial charge is 0.497 e. The van der Waals surface area contributed by atoms with Crippen molar-refractivity contribution in [2.45, 2.75) is 21.6 Å². The van der Waals surface area contributed by atoms with E-state index in [2.05, 4.69) is 12.1 Å². The van der Waals surface area contributed by atoms with Crippen LogP contribution in [0.5, 0.6) is 5.75 Å². The molecule has 1 aliphatic rings. The lowest BCUT2D eigenvalue weighted by atomic mass is 10.0. The van der Waals surface area contributed by atoms with E-state index in [1.807, 2.05) is 24.3 Å². The number of benzene rings is 2. The topological polar surface area (TPSA) is 9.23 Å². The number of ether oxygens (including phenoxy) is 1. The molecule has 1 nitrogen and oxygen atoms in total. The van der Waals surface area contributed by atoms with Gasteiger partial charge in [0, 0.05) is 14.8 Å². The van der Waals surface area contributed by atoms with E-state index in [4.69, 9.17) is 27.9 Å². The minimum atomic E-state index is -0.0580. The highest BCUT2D eigenvalue weighted by Crippen LogP contribution is 2.44. The van der Waals surface area contributed by atoms with Gasteiger partial charge in [-0.15, -0.1) is 11.6 Å². The zero-order valence-electron chi connectivity index (χ0n) is 10.3. The summed E-state index contributed by atoms with van der Waals surface area (Å²) in [5.41, 5.74) is 2.33. The first kappa shape index (κ1) is 13.2. The van der Waals surface area contributed by atoms with Crippen molar-refractivity contribution in [3.8, 4) is 5.75 Å². The van der Waals surface area contributed by atoms with Gasteiger partial charge in [0.15, 0.2) is 0 Å². The molecule has 0 saturated carbocycles. The van der Waals surface area contributed by atoms with Gasteiger partial charge in [0.25, 0.3) is 0 Å². The molecule has 0 aromatic heterocycles. The third-order valence-electron chi connectivity index (χ3n) is 3.20. The van der Waals surface area contributed by atoms with Crippen LogP contribution in [0.3, 0.4) is 0 Å². The Bertz CT molecular complexity index is 628. The van der Waals surface area contributed by atoms with Crippen LogP contribution in [-0.4, -0.2) is 7.11 Å². The van der Waals surface area contributed by atoms with Crippen LogP contribution in [0.25, 0.3) is 0 Å². The predicted molar refractivity (Wildman–Crippen MR) is 80.9 cm³/mol. The predicted octanol–water partition coefficient (Wildman–Crippen LogP) is 5.34. The van der Waals surface area contributed by atoms with Crippen LogP contribution >= 0.6 is 35.0 Å². The molecule has 2 aromatic rings. The van der Waals surface area contributed by atoms with Crippen molar-refractivity contribution >= 4 is 35.0 Å². The SMILES string of the molecule is COc1ccc2c(c1)[C@H](Cl)Cc1cc(Cl)ccc1S2. The van der Waals surface area contributed by atoms with E-state index < -0.39 is 0 Å². The normalized spacial score (nSPS) is 17.3. The molecule has 0 fully saturated rings. The minimum Gasteiger partial charge on any atom is -0.497 e. The van der Waals surface area contributed by atoms with Crippen molar-refractivity contribution < 1.29 is 4.74 Å². The standard InChI is InChI=1S/C15H12Cl2OS/c1-18-11-3-5-15-12(8-11)13(17)7-9-6-10(16)2-4-14(9)19-15/h2-6,8,13H,7H2,1H3/t13-/m1/s1. The van der Waals surface area contributed by atoms with E-state index in [0.29, 0.717) is 0 Å². The number of rotatable bonds is 1. The number of hydrogen-bond donors (Lipinski definition) is 0. The number of alkyl halides is 1. The lowest BCUT2D eigenvalue weighted by molar-refractivity contribution is 0.413. The third kappa shape index (κ3) is 2.58. The van der Waals surface area contributed by atoms with Gasteiger partial charge in [-0.05, 0) is 53.9 Å². The van der Waals surface area contributed by atoms with Gasteiger partial charge in [0.2, 0.25) is 0 Å². The number of methoxy groups -OCH3 is 1. The smallest absolute Gasteiger partial charge is 0.119 e. The molecule has 1 atom stereocenters. The van der Waals surface area contributed by atoms with Crippen LogP contribution in [0, 0.1) is 0 Å². The second-order valence-corrected chi connectivity index (χ2v) is 6.48. The van der Waals surface area contributed by atoms with Crippen molar-refractivity contribution in [1.82, 2.24) is 0 Å². The Labute approximate surface area is 126 Å². The van der Waals surface area contributed by atoms with Crippen LogP contribution in [0.4, 0.5) is 0 Å². The minimum absolute atomic E-state index is 0.0580. The van der Waals surface area contributed by atoms with Crippen LogP contribution in [-0.2, 0) is 6.42 Å². The molecule has 0 N–H and O–H groups in total. The average Bonchev–Trinajstić information content (AvgIpc) is 2.54. The fraction of sp³-hybridized carbons (Fsp3) is 0.200. The summed E-state index contributed by atoms with van der Waals surface area (Å²) in [7, 11) is 1.67. The van der Waals surface area contributed by atoms with Gasteiger partial charge in [-0.2, -0.15) is 0 Å². The van der Waals surface area contributed by atoms with Gasteiger partial charge in [-0.3, -0.25) is 0 Å². The van der Waals surface area contributed by atoms with Crippen molar-refractivity contribution in [1.29, 1.82) is 0 Å². The Kier molecular flexibility index (Phi) is 3.66. The molecular weight excluding hydrogens is 299 g/mol. The Morgan fingerprint density at radius 1 is 1.16 bits per heavy atom. The molecule has 0 radical (unpaired) electrons. The summed E-state index contributed by atoms with van der Waals surface area (Å²) in [4.78, 5) is 2.40. The highest BCUT2D eigenvalue weighted by Gasteiger charge is 2.21. The zero-order chi connectivity index (χ0) is 13.4. The Morgan fingerprint density at radius 3 is 2.74 bits per heavy atom. The molecule has 19 heavy (non-hydrogen) atoms. The highest BCUT2D eigenvalue weighted by molar-refractivity contribution is 7.99. The summed E-state index contributed by atoms with van der Waals surface area (Å²) in [6.45, 7) is 0. The van der Waals surface area contributed by atoms with Gasteiger partial charge in [-0.25, -0.2) is 0 Å². The van der Waals surface area contributed by atoms with Crippen molar-refractivity contribution in [2.75, 3.05) is 7.11 Å². The van der Waals surface area contributed by atoms with Crippen LogP contribution in [0.1, 0.15) is 16.5 Å². The van der Waals surface area contributed by atoms with Crippen molar-refractivity contribution in [2.24, 2.45) is 0 Å². The molecule has 1 heterocycles. The lowest BCUT2D eigenvalue weighted by Crippen LogP contribution is -1.96. The van der Waals surface area contributed by atoms with Crippen molar-refractivity contribution in [3.05, 3.63) is 52.5 Å². The van der Waals surface area contributed by atoms with E-state index in [9.17, 15) is 0 Å². The molecule has 0 aliphatic carbocycles. The van der Waals surface area contributed by atoms with Crippen LogP contribution < -0.4 is 4.74 Å². The number of halogens is 2. The second kappa shape index (κ2) is 5.28. The Hall–Kier alpha value is -0.830. The molecule has 0 spiro atoms. The third-order valence-corrected chi connectivity index (χ3v) is 5.03. The zero-order valence-corrected chi connectivity index (χ0v) is 12.6. The molecule has 0 unspecified atom stereocenters. The molecular formula is C15H12Cl2OS. The molecule has 0 bridgehead atoms. The molecule has 98 valence electrons. The first-order valence-electron chi connectivity index (χ1n) is 5.95. The van der Waals surface area contributed by atoms with Gasteiger partial charge in [-0.1, -0.05) is 23.4 Å². The maximum atomic E-state index is 6.55. The maximum Gasteiger partial charge on any atom is 0.119 e. The Balaban J connectivity index is 2.09. The second-order valence-electron chi connectivity index (χ2n) is 4.43. The molecule has 0 saturated heterocycles. The van der Waals surface area contributed by atoms with Crippen molar-refractivity contribution in [3.63, 3.8) is 0 Å². The summed E-state index contributed by atoms with van der Waals surface area (Å²) < 4.78 is 5.28. The van der Waals surface area contributed by atoms with Crippen LogP contribution in [0.15, 0.2) is 46.2 Å². The molecule has 1 aliphatic heterocycles. The summed E-state index contributed by atoms with van der Waals surface area (Å²) in [5, 5.41) is 0.698. The highest BCUT2D eigenvalue weighted by atomic mass is 35.5. The molecule has 4 heteroatoms. The summed E-state index contributed by atoms with van der Waals surface area (Å²) >= 11 is 14.3. The summed E-state index contributed by atoms with van der Waals surface area (Å²) in [6.07, 6.45) is 0.782. The lowest BCUT2D eigenvalue weighted by Gasteiger charge is -2.11. The van der Waals surface area contributed by atoms with Gasteiger partial charge in [0.1, 0.15) is 5.75 Å².